The lowest BCUT2D eigenvalue weighted by Gasteiger charge is -2.40. The third-order valence-corrected chi connectivity index (χ3v) is 9.56. The zero-order valence-electron chi connectivity index (χ0n) is 23.6. The van der Waals surface area contributed by atoms with Crippen LogP contribution in [0.2, 0.25) is 5.02 Å². The number of rotatable bonds is 11. The van der Waals surface area contributed by atoms with E-state index in [2.05, 4.69) is 29.1 Å². The zero-order valence-corrected chi connectivity index (χ0v) is 25.9. The maximum atomic E-state index is 14.8. The van der Waals surface area contributed by atoms with E-state index in [1.54, 1.807) is 30.2 Å². The van der Waals surface area contributed by atoms with E-state index in [1.165, 1.54) is 9.80 Å². The molecular formula is C30H39BrClN3O5. The molecule has 1 aromatic rings. The average Bonchev–Trinajstić information content (AvgIpc) is 3.49. The fourth-order valence-corrected chi connectivity index (χ4v) is 8.18. The first-order valence-electron chi connectivity index (χ1n) is 13.7. The van der Waals surface area contributed by atoms with E-state index < -0.39 is 35.6 Å². The molecule has 3 amide bonds. The van der Waals surface area contributed by atoms with E-state index in [1.807, 2.05) is 32.9 Å². The summed E-state index contributed by atoms with van der Waals surface area (Å²) < 4.78 is 6.65. The van der Waals surface area contributed by atoms with Gasteiger partial charge >= 0.3 is 0 Å². The van der Waals surface area contributed by atoms with Gasteiger partial charge in [-0.15, -0.1) is 13.2 Å². The number of nitrogens with zero attached hydrogens (tertiary/aromatic N) is 3. The Bertz CT molecular complexity index is 1170. The number of alkyl halides is 1. The van der Waals surface area contributed by atoms with E-state index in [0.717, 1.165) is 5.56 Å². The summed E-state index contributed by atoms with van der Waals surface area (Å²) in [5.74, 6) is -2.42. The summed E-state index contributed by atoms with van der Waals surface area (Å²) in [4.78, 5) is 47.3. The number of carbonyl (C=O) groups excluding carboxylic acids is 3. The lowest BCUT2D eigenvalue weighted by molar-refractivity contribution is -0.147. The number of hydrogen-bond acceptors (Lipinski definition) is 5. The Morgan fingerprint density at radius 3 is 2.52 bits per heavy atom. The van der Waals surface area contributed by atoms with Crippen molar-refractivity contribution in [1.82, 2.24) is 9.80 Å². The van der Waals surface area contributed by atoms with E-state index in [0.29, 0.717) is 30.1 Å². The van der Waals surface area contributed by atoms with Crippen LogP contribution in [0.1, 0.15) is 32.3 Å². The van der Waals surface area contributed by atoms with Crippen molar-refractivity contribution in [3.8, 4) is 0 Å². The second kappa shape index (κ2) is 12.0. The van der Waals surface area contributed by atoms with Crippen LogP contribution in [0.3, 0.4) is 0 Å². The van der Waals surface area contributed by atoms with E-state index in [-0.39, 0.29) is 41.6 Å². The van der Waals surface area contributed by atoms with Gasteiger partial charge in [0.1, 0.15) is 11.6 Å². The molecule has 3 unspecified atom stereocenters. The minimum absolute atomic E-state index is 0.144. The molecule has 0 aromatic heterocycles. The van der Waals surface area contributed by atoms with E-state index in [4.69, 9.17) is 16.3 Å². The first-order chi connectivity index (χ1) is 18.9. The van der Waals surface area contributed by atoms with Gasteiger partial charge in [0.05, 0.1) is 41.3 Å². The highest BCUT2D eigenvalue weighted by molar-refractivity contribution is 9.09. The van der Waals surface area contributed by atoms with Gasteiger partial charge in [0.2, 0.25) is 11.8 Å². The molecule has 3 fully saturated rings. The fourth-order valence-electron chi connectivity index (χ4n) is 6.91. The van der Waals surface area contributed by atoms with Gasteiger partial charge in [-0.3, -0.25) is 14.4 Å². The minimum atomic E-state index is -1.25. The number of likely N-dealkylation sites (N-methyl/N-ethyl adjacent to an activating group) is 1. The molecule has 8 nitrogen and oxygen atoms in total. The molecule has 4 rings (SSSR count). The molecule has 1 aromatic carbocycles. The van der Waals surface area contributed by atoms with Gasteiger partial charge in [0.25, 0.3) is 5.91 Å². The molecule has 3 heterocycles. The molecule has 0 radical (unpaired) electrons. The molecule has 0 saturated carbocycles. The van der Waals surface area contributed by atoms with Crippen LogP contribution in [-0.4, -0.2) is 88.0 Å². The van der Waals surface area contributed by atoms with Gasteiger partial charge in [-0.2, -0.15) is 0 Å². The Hall–Kier alpha value is -2.20. The Labute approximate surface area is 250 Å². The normalized spacial score (nSPS) is 29.4. The van der Waals surface area contributed by atoms with Crippen LogP contribution in [0.5, 0.6) is 0 Å². The first-order valence-corrected chi connectivity index (χ1v) is 15.0. The van der Waals surface area contributed by atoms with Gasteiger partial charge in [-0.05, 0) is 37.3 Å². The molecular weight excluding hydrogens is 598 g/mol. The van der Waals surface area contributed by atoms with Crippen LogP contribution < -0.4 is 4.90 Å². The number of anilines is 1. The van der Waals surface area contributed by atoms with Crippen molar-refractivity contribution < 1.29 is 24.2 Å². The van der Waals surface area contributed by atoms with Crippen LogP contribution in [0.15, 0.2) is 43.5 Å². The number of carbonyl (C=O) groups is 3. The number of hydrogen-bond donors (Lipinski definition) is 1. The number of halogens is 2. The summed E-state index contributed by atoms with van der Waals surface area (Å²) in [6.45, 7) is 13.6. The van der Waals surface area contributed by atoms with Gasteiger partial charge in [0, 0.05) is 25.0 Å². The molecule has 40 heavy (non-hydrogen) atoms. The maximum absolute atomic E-state index is 14.8. The SMILES string of the molecule is C=CCN(C)C(=O)[C@H]1[C@H]2C(=O)N([C@@H](CO)CC(C)C)C(C(=O)N(CC=C)c3c(C)cccc3Cl)C23CC(Br)[C@@H]1O3. The number of likely N-dealkylation sites (tertiary alicyclic amines) is 1. The third kappa shape index (κ3) is 4.93. The quantitative estimate of drug-likeness (QED) is 0.293. The van der Waals surface area contributed by atoms with E-state index in [9.17, 15) is 19.5 Å². The fraction of sp³-hybridized carbons (Fsp3) is 0.567. The predicted octanol–water partition coefficient (Wildman–Crippen LogP) is 3.97. The van der Waals surface area contributed by atoms with Crippen molar-refractivity contribution in [2.75, 3.05) is 31.6 Å². The van der Waals surface area contributed by atoms with E-state index >= 15 is 0 Å². The van der Waals surface area contributed by atoms with Gasteiger partial charge in [-0.25, -0.2) is 0 Å². The third-order valence-electron chi connectivity index (χ3n) is 8.41. The molecule has 1 N–H and O–H groups in total. The second-order valence-electron chi connectivity index (χ2n) is 11.5. The Balaban J connectivity index is 1.89. The number of benzene rings is 1. The number of fused-ring (bicyclic) bond motifs is 1. The van der Waals surface area contributed by atoms with Crippen LogP contribution in [0.25, 0.3) is 0 Å². The molecule has 0 aliphatic carbocycles. The monoisotopic (exact) mass is 635 g/mol. The summed E-state index contributed by atoms with van der Waals surface area (Å²) in [5.41, 5.74) is 0.0797. The predicted molar refractivity (Wildman–Crippen MR) is 159 cm³/mol. The van der Waals surface area contributed by atoms with Crippen LogP contribution in [-0.2, 0) is 19.1 Å². The topological polar surface area (TPSA) is 90.4 Å². The molecule has 2 bridgehead atoms. The lowest BCUT2D eigenvalue weighted by atomic mass is 9.70. The van der Waals surface area contributed by atoms with Crippen molar-refractivity contribution >= 4 is 50.9 Å². The summed E-state index contributed by atoms with van der Waals surface area (Å²) in [7, 11) is 1.67. The molecule has 1 spiro atoms. The number of aryl methyl sites for hydroxylation is 1. The van der Waals surface area contributed by atoms with Crippen molar-refractivity contribution in [2.24, 2.45) is 17.8 Å². The standard InChI is InChI=1S/C30H39BrClN3O5/c1-7-12-33(6)27(37)22-23-28(38)35(19(16-36)14-17(3)4)26(30(23)15-20(31)25(22)40-30)29(39)34(13-8-2)24-18(5)10-9-11-21(24)32/h7-11,17,19-20,22-23,25-26,36H,1-2,12-16H2,3-6H3/t19-,20?,22+,23+,25+,26?,30?/m1/s1. The molecule has 3 saturated heterocycles. The highest BCUT2D eigenvalue weighted by atomic mass is 79.9. The minimum Gasteiger partial charge on any atom is -0.394 e. The zero-order chi connectivity index (χ0) is 29.5. The number of ether oxygens (including phenoxy) is 1. The summed E-state index contributed by atoms with van der Waals surface area (Å²) in [6, 6.07) is 3.71. The van der Waals surface area contributed by atoms with Crippen molar-refractivity contribution in [3.05, 3.63) is 54.1 Å². The first kappa shape index (κ1) is 30.8. The number of para-hydroxylation sites is 1. The Morgan fingerprint density at radius 2 is 1.95 bits per heavy atom. The van der Waals surface area contributed by atoms with Crippen LogP contribution >= 0.6 is 27.5 Å². The largest absolute Gasteiger partial charge is 0.394 e. The Kier molecular flexibility index (Phi) is 9.19. The molecule has 3 aliphatic rings. The summed E-state index contributed by atoms with van der Waals surface area (Å²) in [6.07, 6.45) is 3.53. The highest BCUT2D eigenvalue weighted by Crippen LogP contribution is 2.61. The number of amides is 3. The van der Waals surface area contributed by atoms with Gasteiger partial charge < -0.3 is 24.5 Å². The Morgan fingerprint density at radius 1 is 1.27 bits per heavy atom. The maximum Gasteiger partial charge on any atom is 0.253 e. The van der Waals surface area contributed by atoms with Crippen LogP contribution in [0.4, 0.5) is 5.69 Å². The molecule has 7 atom stereocenters. The van der Waals surface area contributed by atoms with Gasteiger partial charge in [0.15, 0.2) is 0 Å². The molecule has 218 valence electrons. The number of aliphatic hydroxyl groups excluding tert-OH is 1. The average molecular weight is 637 g/mol. The smallest absolute Gasteiger partial charge is 0.253 e. The molecule has 3 aliphatic heterocycles. The van der Waals surface area contributed by atoms with Crippen molar-refractivity contribution in [1.29, 1.82) is 0 Å². The highest BCUT2D eigenvalue weighted by Gasteiger charge is 2.77. The lowest BCUT2D eigenvalue weighted by Crippen LogP contribution is -2.59. The van der Waals surface area contributed by atoms with Crippen molar-refractivity contribution in [2.45, 2.75) is 62.2 Å². The second-order valence-corrected chi connectivity index (χ2v) is 13.1. The summed E-state index contributed by atoms with van der Waals surface area (Å²) >= 11 is 10.3. The summed E-state index contributed by atoms with van der Waals surface area (Å²) in [5, 5.41) is 10.9. The molecule has 10 heteroatoms. The van der Waals surface area contributed by atoms with Crippen LogP contribution in [0, 0.1) is 24.7 Å². The van der Waals surface area contributed by atoms with Gasteiger partial charge in [-0.1, -0.05) is 65.7 Å². The van der Waals surface area contributed by atoms with Crippen molar-refractivity contribution in [3.63, 3.8) is 0 Å². The number of aliphatic hydroxyl groups is 1.